The summed E-state index contributed by atoms with van der Waals surface area (Å²) in [7, 11) is 0. The molecule has 3 rings (SSSR count). The molecule has 1 aliphatic rings. The molecule has 1 aliphatic carbocycles. The Kier molecular flexibility index (Phi) is 6.73. The highest BCUT2D eigenvalue weighted by molar-refractivity contribution is 6.37. The van der Waals surface area contributed by atoms with Crippen molar-refractivity contribution >= 4 is 34.8 Å². The quantitative estimate of drug-likeness (QED) is 0.544. The number of amides is 1. The molecule has 6 heteroatoms. The average molecular weight is 422 g/mol. The number of hydrogen-bond acceptors (Lipinski definition) is 3. The molecule has 0 aromatic heterocycles. The molecule has 1 unspecified atom stereocenters. The molecule has 1 saturated carbocycles. The van der Waals surface area contributed by atoms with Gasteiger partial charge in [0.15, 0.2) is 11.9 Å². The minimum atomic E-state index is -0.751. The molecule has 2 N–H and O–H groups in total. The number of benzene rings is 2. The van der Waals surface area contributed by atoms with Crippen LogP contribution in [-0.4, -0.2) is 17.1 Å². The van der Waals surface area contributed by atoms with E-state index in [2.05, 4.69) is 17.4 Å². The molecule has 150 valence electrons. The van der Waals surface area contributed by atoms with Crippen LogP contribution in [0, 0.1) is 6.92 Å². The number of hydrogen-bond donors (Lipinski definition) is 2. The Hall–Kier alpha value is -1.91. The number of carbonyl (C=O) groups excluding carboxylic acids is 1. The van der Waals surface area contributed by atoms with E-state index in [1.807, 2.05) is 12.1 Å². The van der Waals surface area contributed by atoms with Gasteiger partial charge in [-0.2, -0.15) is 0 Å². The maximum Gasteiger partial charge on any atom is 0.265 e. The summed E-state index contributed by atoms with van der Waals surface area (Å²) in [6.07, 6.45) is 5.64. The van der Waals surface area contributed by atoms with Crippen LogP contribution in [0.4, 0.5) is 5.69 Å². The highest BCUT2D eigenvalue weighted by Gasteiger charge is 2.20. The Morgan fingerprint density at radius 2 is 1.82 bits per heavy atom. The van der Waals surface area contributed by atoms with Crippen LogP contribution in [0.3, 0.4) is 0 Å². The molecular formula is C22H25Cl2NO3. The number of halogens is 2. The third-order valence-corrected chi connectivity index (χ3v) is 6.17. The van der Waals surface area contributed by atoms with Gasteiger partial charge in [-0.3, -0.25) is 4.79 Å². The van der Waals surface area contributed by atoms with Gasteiger partial charge in [-0.25, -0.2) is 0 Å². The second-order valence-electron chi connectivity index (χ2n) is 7.35. The van der Waals surface area contributed by atoms with Crippen molar-refractivity contribution in [3.63, 3.8) is 0 Å². The van der Waals surface area contributed by atoms with Crippen LogP contribution in [0.25, 0.3) is 0 Å². The fourth-order valence-electron chi connectivity index (χ4n) is 3.55. The van der Waals surface area contributed by atoms with Crippen LogP contribution in [-0.2, 0) is 4.79 Å². The van der Waals surface area contributed by atoms with Gasteiger partial charge in [0.25, 0.3) is 5.91 Å². The number of aromatic hydroxyl groups is 1. The summed E-state index contributed by atoms with van der Waals surface area (Å²) in [5.74, 6) is 0.650. The first-order valence-electron chi connectivity index (χ1n) is 9.62. The van der Waals surface area contributed by atoms with E-state index in [9.17, 15) is 9.90 Å². The Balaban J connectivity index is 1.63. The molecule has 1 atom stereocenters. The highest BCUT2D eigenvalue weighted by Crippen LogP contribution is 2.39. The van der Waals surface area contributed by atoms with E-state index in [1.54, 1.807) is 13.8 Å². The maximum absolute atomic E-state index is 12.5. The largest absolute Gasteiger partial charge is 0.504 e. The fraction of sp³-hybridized carbons (Fsp3) is 0.409. The molecule has 0 aliphatic heterocycles. The Labute approximate surface area is 175 Å². The molecule has 28 heavy (non-hydrogen) atoms. The molecule has 0 bridgehead atoms. The fourth-order valence-corrected chi connectivity index (χ4v) is 4.00. The SMILES string of the molecule is Cc1c(Cl)cc(NC(=O)C(C)Oc2ccc(C3CCCCC3)cc2)c(O)c1Cl. The molecule has 1 amide bonds. The number of carbonyl (C=O) groups is 1. The molecule has 0 saturated heterocycles. The zero-order chi connectivity index (χ0) is 20.3. The minimum Gasteiger partial charge on any atom is -0.504 e. The molecule has 0 heterocycles. The number of phenols is 1. The smallest absolute Gasteiger partial charge is 0.265 e. The molecule has 2 aromatic carbocycles. The molecule has 2 aromatic rings. The van der Waals surface area contributed by atoms with Gasteiger partial charge in [0.05, 0.1) is 10.7 Å². The summed E-state index contributed by atoms with van der Waals surface area (Å²) in [6.45, 7) is 3.34. The van der Waals surface area contributed by atoms with Crippen LogP contribution in [0.15, 0.2) is 30.3 Å². The second kappa shape index (κ2) is 9.06. The normalized spacial score (nSPS) is 15.9. The lowest BCUT2D eigenvalue weighted by atomic mass is 9.84. The number of anilines is 1. The number of rotatable bonds is 5. The van der Waals surface area contributed by atoms with E-state index >= 15 is 0 Å². The molecule has 1 fully saturated rings. The second-order valence-corrected chi connectivity index (χ2v) is 8.13. The van der Waals surface area contributed by atoms with Gasteiger partial charge < -0.3 is 15.2 Å². The van der Waals surface area contributed by atoms with E-state index in [0.717, 1.165) is 0 Å². The van der Waals surface area contributed by atoms with Crippen molar-refractivity contribution in [3.05, 3.63) is 51.5 Å². The number of phenolic OH excluding ortho intramolecular Hbond substituents is 1. The molecule has 0 spiro atoms. The predicted molar refractivity (Wildman–Crippen MR) is 114 cm³/mol. The Morgan fingerprint density at radius 1 is 1.18 bits per heavy atom. The summed E-state index contributed by atoms with van der Waals surface area (Å²) < 4.78 is 5.76. The summed E-state index contributed by atoms with van der Waals surface area (Å²) >= 11 is 12.1. The topological polar surface area (TPSA) is 58.6 Å². The lowest BCUT2D eigenvalue weighted by Crippen LogP contribution is -2.30. The third-order valence-electron chi connectivity index (χ3n) is 5.32. The predicted octanol–water partition coefficient (Wildman–Crippen LogP) is 6.46. The summed E-state index contributed by atoms with van der Waals surface area (Å²) in [5, 5.41) is 13.2. The first-order chi connectivity index (χ1) is 13.4. The molecular weight excluding hydrogens is 397 g/mol. The van der Waals surface area contributed by atoms with Crippen molar-refractivity contribution in [2.45, 2.75) is 58.0 Å². The van der Waals surface area contributed by atoms with Gasteiger partial charge in [0, 0.05) is 5.02 Å². The zero-order valence-corrected chi connectivity index (χ0v) is 17.6. The van der Waals surface area contributed by atoms with Gasteiger partial charge in [-0.15, -0.1) is 0 Å². The third kappa shape index (κ3) is 4.73. The maximum atomic E-state index is 12.5. The lowest BCUT2D eigenvalue weighted by molar-refractivity contribution is -0.122. The van der Waals surface area contributed by atoms with E-state index in [4.69, 9.17) is 27.9 Å². The molecule has 0 radical (unpaired) electrons. The van der Waals surface area contributed by atoms with Crippen LogP contribution >= 0.6 is 23.2 Å². The van der Waals surface area contributed by atoms with Crippen molar-refractivity contribution in [1.82, 2.24) is 0 Å². The number of ether oxygens (including phenoxy) is 1. The van der Waals surface area contributed by atoms with E-state index in [0.29, 0.717) is 22.3 Å². The zero-order valence-electron chi connectivity index (χ0n) is 16.1. The van der Waals surface area contributed by atoms with E-state index < -0.39 is 12.0 Å². The van der Waals surface area contributed by atoms with Crippen molar-refractivity contribution in [2.24, 2.45) is 0 Å². The van der Waals surface area contributed by atoms with Crippen LogP contribution in [0.5, 0.6) is 11.5 Å². The van der Waals surface area contributed by atoms with Crippen LogP contribution in [0.2, 0.25) is 10.0 Å². The minimum absolute atomic E-state index is 0.120. The monoisotopic (exact) mass is 421 g/mol. The van der Waals surface area contributed by atoms with Crippen molar-refractivity contribution in [2.75, 3.05) is 5.32 Å². The lowest BCUT2D eigenvalue weighted by Gasteiger charge is -2.22. The van der Waals surface area contributed by atoms with Crippen molar-refractivity contribution in [3.8, 4) is 11.5 Å². The van der Waals surface area contributed by atoms with Crippen molar-refractivity contribution < 1.29 is 14.6 Å². The van der Waals surface area contributed by atoms with Gasteiger partial charge in [0.2, 0.25) is 0 Å². The van der Waals surface area contributed by atoms with Crippen molar-refractivity contribution in [1.29, 1.82) is 0 Å². The summed E-state index contributed by atoms with van der Waals surface area (Å²) in [5.41, 5.74) is 2.05. The van der Waals surface area contributed by atoms with E-state index in [-0.39, 0.29) is 16.5 Å². The number of nitrogens with one attached hydrogen (secondary N) is 1. The van der Waals surface area contributed by atoms with E-state index in [1.165, 1.54) is 43.7 Å². The average Bonchev–Trinajstić information content (AvgIpc) is 2.71. The van der Waals surface area contributed by atoms with Gasteiger partial charge in [0.1, 0.15) is 5.75 Å². The highest BCUT2D eigenvalue weighted by atomic mass is 35.5. The van der Waals surface area contributed by atoms with Gasteiger partial charge >= 0.3 is 0 Å². The first kappa shape index (κ1) is 20.8. The van der Waals surface area contributed by atoms with Gasteiger partial charge in [-0.1, -0.05) is 54.6 Å². The van der Waals surface area contributed by atoms with Crippen LogP contribution < -0.4 is 10.1 Å². The first-order valence-corrected chi connectivity index (χ1v) is 10.4. The standard InChI is InChI=1S/C22H25Cl2NO3/c1-13-18(23)12-19(21(26)20(13)24)25-22(27)14(2)28-17-10-8-16(9-11-17)15-6-4-3-5-7-15/h8-12,14-15,26H,3-7H2,1-2H3,(H,25,27). The molecule has 4 nitrogen and oxygen atoms in total. The summed E-state index contributed by atoms with van der Waals surface area (Å²) in [4.78, 5) is 12.5. The van der Waals surface area contributed by atoms with Gasteiger partial charge in [-0.05, 0) is 61.9 Å². The Bertz CT molecular complexity index is 846. The summed E-state index contributed by atoms with van der Waals surface area (Å²) in [6, 6.07) is 9.46. The Morgan fingerprint density at radius 3 is 2.46 bits per heavy atom. The van der Waals surface area contributed by atoms with Crippen LogP contribution in [0.1, 0.15) is 56.1 Å².